The maximum absolute atomic E-state index is 12.9. The monoisotopic (exact) mass is 282 g/mol. The summed E-state index contributed by atoms with van der Waals surface area (Å²) >= 11 is 0. The number of aromatic nitrogens is 1. The summed E-state index contributed by atoms with van der Waals surface area (Å²) in [6.45, 7) is 1.87. The molecule has 1 heterocycles. The summed E-state index contributed by atoms with van der Waals surface area (Å²) in [5.74, 6) is -0.432. The van der Waals surface area contributed by atoms with E-state index in [0.29, 0.717) is 5.56 Å². The fourth-order valence-electron chi connectivity index (χ4n) is 2.37. The van der Waals surface area contributed by atoms with Crippen LogP contribution in [-0.4, -0.2) is 10.9 Å². The first-order chi connectivity index (χ1) is 10.1. The second kappa shape index (κ2) is 5.40. The fraction of sp³-hybridized carbons (Fsp3) is 0.118. The Kier molecular flexibility index (Phi) is 3.44. The van der Waals surface area contributed by atoms with Gasteiger partial charge in [0.25, 0.3) is 5.91 Å². The number of aromatic amines is 1. The molecule has 0 radical (unpaired) electrons. The van der Waals surface area contributed by atoms with E-state index in [9.17, 15) is 9.18 Å². The zero-order valence-electron chi connectivity index (χ0n) is 11.6. The molecule has 3 aromatic rings. The molecule has 0 aliphatic carbocycles. The molecule has 0 spiro atoms. The molecule has 106 valence electrons. The van der Waals surface area contributed by atoms with E-state index in [1.165, 1.54) is 12.1 Å². The number of H-pyrrole nitrogens is 1. The molecule has 0 saturated heterocycles. The number of carbonyl (C=O) groups excluding carboxylic acids is 1. The number of carbonyl (C=O) groups is 1. The van der Waals surface area contributed by atoms with Crippen LogP contribution in [0, 0.1) is 5.82 Å². The molecule has 0 saturated carbocycles. The van der Waals surface area contributed by atoms with Crippen molar-refractivity contribution in [3.05, 3.63) is 71.7 Å². The number of benzene rings is 2. The number of fused-ring (bicyclic) bond motifs is 1. The maximum Gasteiger partial charge on any atom is 0.253 e. The molecule has 1 aromatic heterocycles. The van der Waals surface area contributed by atoms with Gasteiger partial charge in [0.15, 0.2) is 0 Å². The van der Waals surface area contributed by atoms with Crippen molar-refractivity contribution in [2.75, 3.05) is 0 Å². The highest BCUT2D eigenvalue weighted by atomic mass is 19.1. The lowest BCUT2D eigenvalue weighted by Crippen LogP contribution is -2.26. The first-order valence-electron chi connectivity index (χ1n) is 6.77. The van der Waals surface area contributed by atoms with E-state index in [4.69, 9.17) is 0 Å². The van der Waals surface area contributed by atoms with Crippen LogP contribution in [0.3, 0.4) is 0 Å². The second-order valence-electron chi connectivity index (χ2n) is 4.99. The van der Waals surface area contributed by atoms with E-state index in [2.05, 4.69) is 10.3 Å². The Morgan fingerprint density at radius 1 is 1.14 bits per heavy atom. The van der Waals surface area contributed by atoms with Crippen molar-refractivity contribution >= 4 is 16.8 Å². The molecule has 0 fully saturated rings. The maximum atomic E-state index is 12.9. The Bertz CT molecular complexity index is 777. The average Bonchev–Trinajstić information content (AvgIpc) is 2.92. The van der Waals surface area contributed by atoms with Gasteiger partial charge in [-0.1, -0.05) is 30.3 Å². The number of nitrogens with one attached hydrogen (secondary N) is 2. The third-order valence-electron chi connectivity index (χ3n) is 3.55. The van der Waals surface area contributed by atoms with Crippen molar-refractivity contribution in [1.29, 1.82) is 0 Å². The van der Waals surface area contributed by atoms with Gasteiger partial charge in [0, 0.05) is 17.1 Å². The van der Waals surface area contributed by atoms with E-state index >= 15 is 0 Å². The van der Waals surface area contributed by atoms with Crippen LogP contribution in [-0.2, 0) is 0 Å². The zero-order chi connectivity index (χ0) is 14.8. The minimum absolute atomic E-state index is 0.149. The van der Waals surface area contributed by atoms with E-state index in [0.717, 1.165) is 16.5 Å². The summed E-state index contributed by atoms with van der Waals surface area (Å²) in [7, 11) is 0. The Morgan fingerprint density at radius 3 is 2.62 bits per heavy atom. The molecule has 0 aliphatic rings. The molecule has 3 nitrogen and oxygen atoms in total. The van der Waals surface area contributed by atoms with E-state index in [1.807, 2.05) is 31.2 Å². The summed E-state index contributed by atoms with van der Waals surface area (Å²) in [5.41, 5.74) is 2.40. The van der Waals surface area contributed by atoms with Gasteiger partial charge in [0.1, 0.15) is 5.82 Å². The van der Waals surface area contributed by atoms with Gasteiger partial charge in [0.2, 0.25) is 0 Å². The number of amides is 1. The fourth-order valence-corrected chi connectivity index (χ4v) is 2.37. The van der Waals surface area contributed by atoms with Gasteiger partial charge in [-0.2, -0.15) is 0 Å². The van der Waals surface area contributed by atoms with Gasteiger partial charge in [-0.15, -0.1) is 0 Å². The van der Waals surface area contributed by atoms with Gasteiger partial charge in [-0.3, -0.25) is 4.79 Å². The third-order valence-corrected chi connectivity index (χ3v) is 3.55. The number of hydrogen-bond acceptors (Lipinski definition) is 1. The Hall–Kier alpha value is -2.62. The Morgan fingerprint density at radius 2 is 1.86 bits per heavy atom. The van der Waals surface area contributed by atoms with Crippen LogP contribution in [0.15, 0.2) is 54.7 Å². The molecule has 2 aromatic carbocycles. The largest absolute Gasteiger partial charge is 0.360 e. The highest BCUT2D eigenvalue weighted by molar-refractivity contribution is 6.06. The summed E-state index contributed by atoms with van der Waals surface area (Å²) in [5, 5.41) is 3.82. The molecule has 1 unspecified atom stereocenters. The first kappa shape index (κ1) is 13.4. The highest BCUT2D eigenvalue weighted by Gasteiger charge is 2.15. The Balaban J connectivity index is 1.81. The number of rotatable bonds is 3. The average molecular weight is 282 g/mol. The van der Waals surface area contributed by atoms with Gasteiger partial charge in [-0.05, 0) is 30.7 Å². The summed E-state index contributed by atoms with van der Waals surface area (Å²) in [4.78, 5) is 15.4. The predicted octanol–water partition coefficient (Wildman–Crippen LogP) is 3.80. The summed E-state index contributed by atoms with van der Waals surface area (Å²) in [6.07, 6.45) is 1.71. The molecule has 0 bridgehead atoms. The topological polar surface area (TPSA) is 44.9 Å². The van der Waals surface area contributed by atoms with Crippen LogP contribution in [0.1, 0.15) is 28.9 Å². The normalized spacial score (nSPS) is 12.3. The second-order valence-corrected chi connectivity index (χ2v) is 4.99. The predicted molar refractivity (Wildman–Crippen MR) is 80.6 cm³/mol. The van der Waals surface area contributed by atoms with Crippen molar-refractivity contribution in [2.24, 2.45) is 0 Å². The van der Waals surface area contributed by atoms with Crippen LogP contribution in [0.25, 0.3) is 10.9 Å². The van der Waals surface area contributed by atoms with Gasteiger partial charge in [0.05, 0.1) is 11.6 Å². The standard InChI is InChI=1S/C17H15FN2O/c1-11(12-6-8-13(18)9-7-12)20-17(21)15-10-19-16-5-3-2-4-14(15)16/h2-11,19H,1H3,(H,20,21). The molecule has 1 amide bonds. The molecule has 1 atom stereocenters. The van der Waals surface area contributed by atoms with Gasteiger partial charge in [-0.25, -0.2) is 4.39 Å². The van der Waals surface area contributed by atoms with Crippen molar-refractivity contribution in [3.8, 4) is 0 Å². The molecule has 3 rings (SSSR count). The number of halogens is 1. The van der Waals surface area contributed by atoms with Gasteiger partial charge >= 0.3 is 0 Å². The van der Waals surface area contributed by atoms with Gasteiger partial charge < -0.3 is 10.3 Å². The lowest BCUT2D eigenvalue weighted by atomic mass is 10.1. The first-order valence-corrected chi connectivity index (χ1v) is 6.77. The molecule has 0 aliphatic heterocycles. The lowest BCUT2D eigenvalue weighted by Gasteiger charge is -2.14. The Labute approximate surface area is 121 Å². The molecule has 2 N–H and O–H groups in total. The highest BCUT2D eigenvalue weighted by Crippen LogP contribution is 2.19. The quantitative estimate of drug-likeness (QED) is 0.754. The van der Waals surface area contributed by atoms with Crippen LogP contribution in [0.4, 0.5) is 4.39 Å². The third kappa shape index (κ3) is 2.65. The van der Waals surface area contributed by atoms with E-state index < -0.39 is 0 Å². The number of hydrogen-bond donors (Lipinski definition) is 2. The molecule has 4 heteroatoms. The van der Waals surface area contributed by atoms with Crippen LogP contribution in [0.5, 0.6) is 0 Å². The minimum Gasteiger partial charge on any atom is -0.360 e. The molecular weight excluding hydrogens is 267 g/mol. The van der Waals surface area contributed by atoms with Crippen LogP contribution < -0.4 is 5.32 Å². The summed E-state index contributed by atoms with van der Waals surface area (Å²) in [6, 6.07) is 13.6. The van der Waals surface area contributed by atoms with Crippen molar-refractivity contribution in [2.45, 2.75) is 13.0 Å². The van der Waals surface area contributed by atoms with Crippen molar-refractivity contribution in [1.82, 2.24) is 10.3 Å². The SMILES string of the molecule is CC(NC(=O)c1c[nH]c2ccccc12)c1ccc(F)cc1. The van der Waals surface area contributed by atoms with E-state index in [-0.39, 0.29) is 17.8 Å². The van der Waals surface area contributed by atoms with Crippen molar-refractivity contribution in [3.63, 3.8) is 0 Å². The smallest absolute Gasteiger partial charge is 0.253 e. The van der Waals surface area contributed by atoms with E-state index in [1.54, 1.807) is 18.3 Å². The van der Waals surface area contributed by atoms with Crippen LogP contribution in [0.2, 0.25) is 0 Å². The number of para-hydroxylation sites is 1. The lowest BCUT2D eigenvalue weighted by molar-refractivity contribution is 0.0941. The molecule has 21 heavy (non-hydrogen) atoms. The minimum atomic E-state index is -0.283. The summed E-state index contributed by atoms with van der Waals surface area (Å²) < 4.78 is 12.9. The van der Waals surface area contributed by atoms with Crippen LogP contribution >= 0.6 is 0 Å². The van der Waals surface area contributed by atoms with Crippen molar-refractivity contribution < 1.29 is 9.18 Å². The molecular formula is C17H15FN2O. The zero-order valence-corrected chi connectivity index (χ0v) is 11.6.